The van der Waals surface area contributed by atoms with Crippen molar-refractivity contribution in [3.8, 4) is 6.07 Å². The van der Waals surface area contributed by atoms with Crippen LogP contribution in [0.1, 0.15) is 25.1 Å². The number of nitriles is 1. The highest BCUT2D eigenvalue weighted by molar-refractivity contribution is 5.09. The summed E-state index contributed by atoms with van der Waals surface area (Å²) >= 11 is 0. The molecule has 66 valence electrons. The van der Waals surface area contributed by atoms with Crippen LogP contribution < -0.4 is 0 Å². The van der Waals surface area contributed by atoms with E-state index in [1.807, 2.05) is 6.07 Å². The lowest BCUT2D eigenvalue weighted by molar-refractivity contribution is 0.658. The molecule has 0 atom stereocenters. The Morgan fingerprint density at radius 2 is 2.54 bits per heavy atom. The zero-order valence-electron chi connectivity index (χ0n) is 7.27. The largest absolute Gasteiger partial charge is 0.252 e. The van der Waals surface area contributed by atoms with Crippen LogP contribution in [-0.2, 0) is 6.54 Å². The first-order valence-electron chi connectivity index (χ1n) is 4.36. The van der Waals surface area contributed by atoms with Gasteiger partial charge in [-0.25, -0.2) is 9.67 Å². The Hall–Kier alpha value is -1.63. The summed E-state index contributed by atoms with van der Waals surface area (Å²) in [6.07, 6.45) is 7.43. The molecule has 1 aromatic rings. The predicted molar refractivity (Wildman–Crippen MR) is 46.7 cm³/mol. The van der Waals surface area contributed by atoms with Gasteiger partial charge in [-0.05, 0) is 19.3 Å². The van der Waals surface area contributed by atoms with E-state index in [0.717, 1.165) is 13.0 Å². The lowest BCUT2D eigenvalue weighted by Gasteiger charge is -1.99. The van der Waals surface area contributed by atoms with Crippen LogP contribution in [-0.4, -0.2) is 14.8 Å². The van der Waals surface area contributed by atoms with Gasteiger partial charge in [0.2, 0.25) is 0 Å². The second-order valence-corrected chi connectivity index (χ2v) is 3.13. The van der Waals surface area contributed by atoms with Gasteiger partial charge in [-0.2, -0.15) is 5.26 Å². The monoisotopic (exact) mass is 174 g/mol. The molecule has 13 heavy (non-hydrogen) atoms. The van der Waals surface area contributed by atoms with E-state index in [0.29, 0.717) is 0 Å². The predicted octanol–water partition coefficient (Wildman–Crippen LogP) is 1.26. The van der Waals surface area contributed by atoms with Crippen LogP contribution in [0.5, 0.6) is 0 Å². The van der Waals surface area contributed by atoms with Crippen molar-refractivity contribution in [1.29, 1.82) is 5.26 Å². The zero-order chi connectivity index (χ0) is 9.10. The van der Waals surface area contributed by atoms with Crippen LogP contribution in [0.15, 0.2) is 18.0 Å². The van der Waals surface area contributed by atoms with Crippen molar-refractivity contribution < 1.29 is 0 Å². The molecule has 4 nitrogen and oxygen atoms in total. The Bertz CT molecular complexity index is 369. The van der Waals surface area contributed by atoms with Crippen molar-refractivity contribution in [3.63, 3.8) is 0 Å². The van der Waals surface area contributed by atoms with Crippen LogP contribution in [0.2, 0.25) is 0 Å². The summed E-state index contributed by atoms with van der Waals surface area (Å²) in [5, 5.41) is 12.5. The van der Waals surface area contributed by atoms with Gasteiger partial charge in [0.1, 0.15) is 12.4 Å². The molecule has 1 aliphatic rings. The second-order valence-electron chi connectivity index (χ2n) is 3.13. The van der Waals surface area contributed by atoms with Crippen molar-refractivity contribution in [3.05, 3.63) is 23.8 Å². The molecule has 0 amide bonds. The normalized spacial score (nSPS) is 15.5. The van der Waals surface area contributed by atoms with Gasteiger partial charge in [-0.3, -0.25) is 0 Å². The van der Waals surface area contributed by atoms with E-state index >= 15 is 0 Å². The summed E-state index contributed by atoms with van der Waals surface area (Å²) < 4.78 is 1.72. The van der Waals surface area contributed by atoms with E-state index in [9.17, 15) is 0 Å². The van der Waals surface area contributed by atoms with Gasteiger partial charge in [0.05, 0.1) is 6.54 Å². The molecule has 1 heterocycles. The highest BCUT2D eigenvalue weighted by Crippen LogP contribution is 2.18. The Morgan fingerprint density at radius 3 is 3.15 bits per heavy atom. The van der Waals surface area contributed by atoms with Crippen LogP contribution in [0.3, 0.4) is 0 Å². The number of allylic oxidation sites excluding steroid dienone is 2. The van der Waals surface area contributed by atoms with Gasteiger partial charge in [0, 0.05) is 0 Å². The fourth-order valence-electron chi connectivity index (χ4n) is 1.51. The Morgan fingerprint density at radius 1 is 1.62 bits per heavy atom. The lowest BCUT2D eigenvalue weighted by atomic mass is 10.2. The summed E-state index contributed by atoms with van der Waals surface area (Å²) in [5.41, 5.74) is 1.40. The topological polar surface area (TPSA) is 54.5 Å². The summed E-state index contributed by atoms with van der Waals surface area (Å²) in [6.45, 7) is 0.786. The molecule has 0 fully saturated rings. The molecule has 2 rings (SSSR count). The maximum Gasteiger partial charge on any atom is 0.252 e. The van der Waals surface area contributed by atoms with E-state index in [1.165, 1.54) is 18.4 Å². The van der Waals surface area contributed by atoms with E-state index in [2.05, 4.69) is 16.2 Å². The van der Waals surface area contributed by atoms with Crippen molar-refractivity contribution in [1.82, 2.24) is 14.8 Å². The standard InChI is InChI=1S/C9H10N4/c10-5-9-11-7-13(12-9)6-8-3-1-2-4-8/h3,7H,1-2,4,6H2. The molecular formula is C9H10N4. The smallest absolute Gasteiger partial charge is 0.248 e. The summed E-state index contributed by atoms with van der Waals surface area (Å²) in [7, 11) is 0. The van der Waals surface area contributed by atoms with Gasteiger partial charge >= 0.3 is 0 Å². The lowest BCUT2D eigenvalue weighted by Crippen LogP contribution is -2.00. The van der Waals surface area contributed by atoms with E-state index in [-0.39, 0.29) is 5.82 Å². The van der Waals surface area contributed by atoms with E-state index in [4.69, 9.17) is 5.26 Å². The van der Waals surface area contributed by atoms with Crippen molar-refractivity contribution in [2.24, 2.45) is 0 Å². The second kappa shape index (κ2) is 3.40. The molecule has 1 aromatic heterocycles. The number of aromatic nitrogens is 3. The fraction of sp³-hybridized carbons (Fsp3) is 0.444. The SMILES string of the molecule is N#Cc1ncn(CC2=CCCC2)n1. The van der Waals surface area contributed by atoms with Gasteiger partial charge in [-0.15, -0.1) is 5.10 Å². The number of nitrogens with zero attached hydrogens (tertiary/aromatic N) is 4. The molecular weight excluding hydrogens is 164 g/mol. The molecule has 0 spiro atoms. The fourth-order valence-corrected chi connectivity index (χ4v) is 1.51. The van der Waals surface area contributed by atoms with Crippen molar-refractivity contribution >= 4 is 0 Å². The zero-order valence-corrected chi connectivity index (χ0v) is 7.27. The minimum absolute atomic E-state index is 0.249. The molecule has 0 aliphatic heterocycles. The quantitative estimate of drug-likeness (QED) is 0.634. The summed E-state index contributed by atoms with van der Waals surface area (Å²) in [5.74, 6) is 0.249. The van der Waals surface area contributed by atoms with Gasteiger partial charge in [-0.1, -0.05) is 11.6 Å². The molecule has 0 radical (unpaired) electrons. The molecule has 0 aromatic carbocycles. The number of rotatable bonds is 2. The number of hydrogen-bond acceptors (Lipinski definition) is 3. The first kappa shape index (κ1) is 7.99. The highest BCUT2D eigenvalue weighted by atomic mass is 15.3. The maximum absolute atomic E-state index is 8.51. The Labute approximate surface area is 76.5 Å². The first-order chi connectivity index (χ1) is 6.38. The number of hydrogen-bond donors (Lipinski definition) is 0. The van der Waals surface area contributed by atoms with Crippen LogP contribution in [0.25, 0.3) is 0 Å². The third kappa shape index (κ3) is 1.75. The van der Waals surface area contributed by atoms with Crippen LogP contribution >= 0.6 is 0 Å². The first-order valence-corrected chi connectivity index (χ1v) is 4.36. The summed E-state index contributed by atoms with van der Waals surface area (Å²) in [6, 6.07) is 1.91. The van der Waals surface area contributed by atoms with Gasteiger partial charge in [0.15, 0.2) is 0 Å². The van der Waals surface area contributed by atoms with Gasteiger partial charge in [0.25, 0.3) is 5.82 Å². The average molecular weight is 174 g/mol. The maximum atomic E-state index is 8.51. The van der Waals surface area contributed by atoms with E-state index in [1.54, 1.807) is 11.0 Å². The minimum Gasteiger partial charge on any atom is -0.248 e. The molecule has 4 heteroatoms. The molecule has 0 N–H and O–H groups in total. The molecule has 0 unspecified atom stereocenters. The van der Waals surface area contributed by atoms with Gasteiger partial charge < -0.3 is 0 Å². The minimum atomic E-state index is 0.249. The van der Waals surface area contributed by atoms with Crippen LogP contribution in [0, 0.1) is 11.3 Å². The third-order valence-electron chi connectivity index (χ3n) is 2.14. The molecule has 0 saturated heterocycles. The molecule has 0 saturated carbocycles. The Balaban J connectivity index is 2.06. The van der Waals surface area contributed by atoms with E-state index < -0.39 is 0 Å². The molecule has 1 aliphatic carbocycles. The van der Waals surface area contributed by atoms with Crippen molar-refractivity contribution in [2.75, 3.05) is 0 Å². The Kier molecular flexibility index (Phi) is 2.09. The van der Waals surface area contributed by atoms with Crippen LogP contribution in [0.4, 0.5) is 0 Å². The van der Waals surface area contributed by atoms with Crippen molar-refractivity contribution in [2.45, 2.75) is 25.8 Å². The third-order valence-corrected chi connectivity index (χ3v) is 2.14. The summed E-state index contributed by atoms with van der Waals surface area (Å²) in [4.78, 5) is 3.84. The highest BCUT2D eigenvalue weighted by Gasteiger charge is 2.06. The average Bonchev–Trinajstić information content (AvgIpc) is 2.76. The molecule has 0 bridgehead atoms.